The van der Waals surface area contributed by atoms with Crippen LogP contribution in [0.5, 0.6) is 0 Å². The number of aryl methyl sites for hydroxylation is 1. The lowest BCUT2D eigenvalue weighted by Gasteiger charge is -2.17. The molecular weight excluding hydrogens is 288 g/mol. The third-order valence-corrected chi connectivity index (χ3v) is 4.64. The molecule has 2 N–H and O–H groups in total. The van der Waals surface area contributed by atoms with E-state index in [0.29, 0.717) is 24.0 Å². The molecule has 1 unspecified atom stereocenters. The van der Waals surface area contributed by atoms with Gasteiger partial charge in [-0.15, -0.1) is 0 Å². The molecule has 6 nitrogen and oxygen atoms in total. The molecule has 122 valence electrons. The Bertz CT molecular complexity index is 549. The van der Waals surface area contributed by atoms with E-state index in [0.717, 1.165) is 5.69 Å². The first kappa shape index (κ1) is 18.2. The van der Waals surface area contributed by atoms with E-state index < -0.39 is 10.0 Å². The lowest BCUT2D eigenvalue weighted by Crippen LogP contribution is -2.39. The molecule has 0 aromatic carbocycles. The van der Waals surface area contributed by atoms with Gasteiger partial charge in [0.2, 0.25) is 10.0 Å². The summed E-state index contributed by atoms with van der Waals surface area (Å²) in [6.45, 7) is 7.29. The van der Waals surface area contributed by atoms with Crippen molar-refractivity contribution in [2.45, 2.75) is 44.3 Å². The van der Waals surface area contributed by atoms with E-state index in [4.69, 9.17) is 0 Å². The van der Waals surface area contributed by atoms with Gasteiger partial charge in [-0.2, -0.15) is 0 Å². The summed E-state index contributed by atoms with van der Waals surface area (Å²) >= 11 is 0. The smallest absolute Gasteiger partial charge is 0.242 e. The van der Waals surface area contributed by atoms with E-state index in [2.05, 4.69) is 23.9 Å². The quantitative estimate of drug-likeness (QED) is 0.743. The fourth-order valence-corrected chi connectivity index (χ4v) is 3.45. The minimum atomic E-state index is -3.47. The van der Waals surface area contributed by atoms with Crippen LogP contribution in [-0.2, 0) is 23.6 Å². The van der Waals surface area contributed by atoms with Crippen LogP contribution in [0.1, 0.15) is 26.5 Å². The minimum absolute atomic E-state index is 0.137. The van der Waals surface area contributed by atoms with Crippen molar-refractivity contribution in [2.24, 2.45) is 7.05 Å². The van der Waals surface area contributed by atoms with Gasteiger partial charge >= 0.3 is 0 Å². The third-order valence-electron chi connectivity index (χ3n) is 3.08. The van der Waals surface area contributed by atoms with E-state index in [1.54, 1.807) is 12.3 Å². The zero-order valence-corrected chi connectivity index (χ0v) is 14.7. The molecule has 0 aliphatic heterocycles. The minimum Gasteiger partial charge on any atom is -0.352 e. The molecule has 0 aliphatic carbocycles. The molecule has 0 radical (unpaired) electrons. The summed E-state index contributed by atoms with van der Waals surface area (Å²) in [5.41, 5.74) is 0.948. The van der Waals surface area contributed by atoms with Gasteiger partial charge < -0.3 is 14.8 Å². The summed E-state index contributed by atoms with van der Waals surface area (Å²) in [6, 6.07) is 1.95. The summed E-state index contributed by atoms with van der Waals surface area (Å²) < 4.78 is 29.3. The summed E-state index contributed by atoms with van der Waals surface area (Å²) in [6.07, 6.45) is 1.65. The van der Waals surface area contributed by atoms with E-state index in [1.165, 1.54) is 0 Å². The predicted molar refractivity (Wildman–Crippen MR) is 85.7 cm³/mol. The zero-order chi connectivity index (χ0) is 16.2. The first-order valence-corrected chi connectivity index (χ1v) is 8.66. The average Bonchev–Trinajstić information content (AvgIpc) is 2.66. The third kappa shape index (κ3) is 5.78. The first-order chi connectivity index (χ1) is 9.61. The molecule has 0 spiro atoms. The molecule has 0 bridgehead atoms. The molecule has 0 saturated heterocycles. The van der Waals surface area contributed by atoms with E-state index in [1.807, 2.05) is 37.5 Å². The molecule has 0 amide bonds. The maximum absolute atomic E-state index is 12.4. The van der Waals surface area contributed by atoms with Crippen LogP contribution in [0.25, 0.3) is 0 Å². The van der Waals surface area contributed by atoms with Gasteiger partial charge in [-0.1, -0.05) is 13.8 Å². The summed E-state index contributed by atoms with van der Waals surface area (Å²) in [5.74, 6) is 0. The highest BCUT2D eigenvalue weighted by atomic mass is 32.2. The van der Waals surface area contributed by atoms with Crippen molar-refractivity contribution in [3.05, 3.63) is 18.0 Å². The molecule has 1 aromatic heterocycles. The monoisotopic (exact) mass is 316 g/mol. The van der Waals surface area contributed by atoms with Crippen molar-refractivity contribution in [2.75, 3.05) is 20.6 Å². The second-order valence-corrected chi connectivity index (χ2v) is 7.81. The number of sulfonamides is 1. The van der Waals surface area contributed by atoms with Crippen LogP contribution in [0.15, 0.2) is 17.2 Å². The Labute approximate surface area is 128 Å². The summed E-state index contributed by atoms with van der Waals surface area (Å²) in [5, 5.41) is 3.29. The molecule has 1 atom stereocenters. The number of nitrogens with zero attached hydrogens (tertiary/aromatic N) is 2. The average molecular weight is 316 g/mol. The highest BCUT2D eigenvalue weighted by Gasteiger charge is 2.20. The highest BCUT2D eigenvalue weighted by Crippen LogP contribution is 2.14. The Hall–Kier alpha value is -0.890. The van der Waals surface area contributed by atoms with Crippen LogP contribution in [0.4, 0.5) is 0 Å². The molecule has 1 aromatic rings. The number of nitrogens with one attached hydrogen (secondary N) is 2. The molecule has 21 heavy (non-hydrogen) atoms. The molecule has 7 heteroatoms. The lowest BCUT2D eigenvalue weighted by molar-refractivity contribution is 0.370. The molecule has 0 saturated carbocycles. The zero-order valence-electron chi connectivity index (χ0n) is 13.8. The maximum atomic E-state index is 12.4. The fourth-order valence-electron chi connectivity index (χ4n) is 2.13. The number of rotatable bonds is 8. The Kier molecular flexibility index (Phi) is 6.40. The van der Waals surface area contributed by atoms with Crippen LogP contribution in [0.2, 0.25) is 0 Å². The van der Waals surface area contributed by atoms with Gasteiger partial charge in [-0.05, 0) is 27.1 Å². The molecule has 1 rings (SSSR count). The van der Waals surface area contributed by atoms with Crippen molar-refractivity contribution in [3.8, 4) is 0 Å². The highest BCUT2D eigenvalue weighted by molar-refractivity contribution is 7.89. The Morgan fingerprint density at radius 2 is 1.90 bits per heavy atom. The van der Waals surface area contributed by atoms with Crippen molar-refractivity contribution in [1.29, 1.82) is 0 Å². The van der Waals surface area contributed by atoms with Gasteiger partial charge in [0.15, 0.2) is 0 Å². The van der Waals surface area contributed by atoms with Crippen LogP contribution >= 0.6 is 0 Å². The number of hydrogen-bond donors (Lipinski definition) is 2. The van der Waals surface area contributed by atoms with Gasteiger partial charge in [0, 0.05) is 44.1 Å². The van der Waals surface area contributed by atoms with Crippen molar-refractivity contribution >= 4 is 10.0 Å². The number of aromatic nitrogens is 1. The summed E-state index contributed by atoms with van der Waals surface area (Å²) in [7, 11) is 2.23. The predicted octanol–water partition coefficient (Wildman–Crippen LogP) is 0.752. The van der Waals surface area contributed by atoms with Gasteiger partial charge in [-0.25, -0.2) is 13.1 Å². The number of likely N-dealkylation sites (N-methyl/N-ethyl adjacent to an activating group) is 1. The second-order valence-electron chi connectivity index (χ2n) is 6.10. The summed E-state index contributed by atoms with van der Waals surface area (Å²) in [4.78, 5) is 2.27. The fraction of sp³-hybridized carbons (Fsp3) is 0.714. The second kappa shape index (κ2) is 7.40. The molecule has 1 heterocycles. The Morgan fingerprint density at radius 1 is 1.29 bits per heavy atom. The van der Waals surface area contributed by atoms with Crippen molar-refractivity contribution in [1.82, 2.24) is 19.5 Å². The Morgan fingerprint density at radius 3 is 2.43 bits per heavy atom. The van der Waals surface area contributed by atoms with Crippen LogP contribution in [0.3, 0.4) is 0 Å². The largest absolute Gasteiger partial charge is 0.352 e. The van der Waals surface area contributed by atoms with Crippen molar-refractivity contribution < 1.29 is 8.42 Å². The topological polar surface area (TPSA) is 66.4 Å². The lowest BCUT2D eigenvalue weighted by atomic mass is 10.3. The SMILES string of the molecule is CC(C)NCc1cc(S(=O)(=O)NC(C)CN(C)C)cn1C. The Balaban J connectivity index is 2.82. The van der Waals surface area contributed by atoms with E-state index in [9.17, 15) is 8.42 Å². The van der Waals surface area contributed by atoms with Gasteiger partial charge in [-0.3, -0.25) is 0 Å². The standard InChI is InChI=1S/C14H28N4O2S/c1-11(2)15-8-13-7-14(10-18(13)6)21(19,20)16-12(3)9-17(4)5/h7,10-12,15-16H,8-9H2,1-6H3. The van der Waals surface area contributed by atoms with Crippen LogP contribution in [0, 0.1) is 0 Å². The van der Waals surface area contributed by atoms with Crippen LogP contribution < -0.4 is 10.0 Å². The maximum Gasteiger partial charge on any atom is 0.242 e. The first-order valence-electron chi connectivity index (χ1n) is 7.17. The number of hydrogen-bond acceptors (Lipinski definition) is 4. The molecule has 0 aliphatic rings. The van der Waals surface area contributed by atoms with E-state index >= 15 is 0 Å². The normalized spacial score (nSPS) is 14.1. The van der Waals surface area contributed by atoms with Crippen molar-refractivity contribution in [3.63, 3.8) is 0 Å². The molecule has 0 fully saturated rings. The van der Waals surface area contributed by atoms with Gasteiger partial charge in [0.25, 0.3) is 0 Å². The van der Waals surface area contributed by atoms with Gasteiger partial charge in [0.1, 0.15) is 0 Å². The van der Waals surface area contributed by atoms with Crippen LogP contribution in [-0.4, -0.2) is 50.6 Å². The molecular formula is C14H28N4O2S. The van der Waals surface area contributed by atoms with E-state index in [-0.39, 0.29) is 6.04 Å². The van der Waals surface area contributed by atoms with Gasteiger partial charge in [0.05, 0.1) is 4.90 Å².